The average Bonchev–Trinajstić information content (AvgIpc) is 2.29. The van der Waals surface area contributed by atoms with Crippen LogP contribution in [0.4, 0.5) is 0 Å². The van der Waals surface area contributed by atoms with E-state index in [1.807, 2.05) is 13.0 Å². The molecule has 16 heavy (non-hydrogen) atoms. The Hall–Kier alpha value is -1.18. The third kappa shape index (κ3) is 4.13. The number of hydrogen-bond donors (Lipinski definition) is 0. The minimum atomic E-state index is 0.261. The summed E-state index contributed by atoms with van der Waals surface area (Å²) in [6.07, 6.45) is 10.1. The second-order valence-electron chi connectivity index (χ2n) is 4.28. The van der Waals surface area contributed by atoms with Crippen molar-refractivity contribution < 1.29 is 4.79 Å². The second-order valence-corrected chi connectivity index (χ2v) is 4.28. The van der Waals surface area contributed by atoms with Crippen molar-refractivity contribution in [3.63, 3.8) is 0 Å². The van der Waals surface area contributed by atoms with E-state index in [1.165, 1.54) is 25.7 Å². The van der Waals surface area contributed by atoms with Gasteiger partial charge in [-0.05, 0) is 25.0 Å². The van der Waals surface area contributed by atoms with Gasteiger partial charge in [-0.3, -0.25) is 9.78 Å². The molecule has 1 aromatic heterocycles. The molecule has 0 fully saturated rings. The van der Waals surface area contributed by atoms with E-state index >= 15 is 0 Å². The van der Waals surface area contributed by atoms with Crippen LogP contribution >= 0.6 is 0 Å². The van der Waals surface area contributed by atoms with Crippen molar-refractivity contribution in [3.05, 3.63) is 29.6 Å². The molecule has 0 radical (unpaired) electrons. The topological polar surface area (TPSA) is 30.0 Å². The van der Waals surface area contributed by atoms with Crippen molar-refractivity contribution in [1.82, 2.24) is 4.98 Å². The molecule has 0 amide bonds. The molecule has 0 bridgehead atoms. The average molecular weight is 219 g/mol. The maximum atomic E-state index is 11.9. The van der Waals surface area contributed by atoms with Gasteiger partial charge in [-0.2, -0.15) is 0 Å². The van der Waals surface area contributed by atoms with Gasteiger partial charge in [0.05, 0.1) is 0 Å². The monoisotopic (exact) mass is 219 g/mol. The summed E-state index contributed by atoms with van der Waals surface area (Å²) in [4.78, 5) is 15.9. The van der Waals surface area contributed by atoms with Crippen molar-refractivity contribution in [1.29, 1.82) is 0 Å². The van der Waals surface area contributed by atoms with Gasteiger partial charge in [0.15, 0.2) is 5.78 Å². The zero-order valence-electron chi connectivity index (χ0n) is 10.3. The molecule has 0 atom stereocenters. The maximum Gasteiger partial charge on any atom is 0.163 e. The van der Waals surface area contributed by atoms with Crippen molar-refractivity contribution in [2.24, 2.45) is 0 Å². The van der Waals surface area contributed by atoms with Crippen molar-refractivity contribution in [2.75, 3.05) is 0 Å². The fourth-order valence-corrected chi connectivity index (χ4v) is 1.81. The van der Waals surface area contributed by atoms with Crippen molar-refractivity contribution >= 4 is 5.78 Å². The number of carbonyl (C=O) groups is 1. The number of rotatable bonds is 7. The van der Waals surface area contributed by atoms with Gasteiger partial charge in [0.2, 0.25) is 0 Å². The van der Waals surface area contributed by atoms with Crippen LogP contribution in [0.5, 0.6) is 0 Å². The normalized spacial score (nSPS) is 10.4. The van der Waals surface area contributed by atoms with Crippen LogP contribution in [0.25, 0.3) is 0 Å². The van der Waals surface area contributed by atoms with Gasteiger partial charge in [-0.25, -0.2) is 0 Å². The Kier molecular flexibility index (Phi) is 5.76. The Bertz CT molecular complexity index is 333. The molecule has 0 aliphatic carbocycles. The number of unbranched alkanes of at least 4 members (excludes halogenated alkanes) is 4. The van der Waals surface area contributed by atoms with Crippen LogP contribution < -0.4 is 0 Å². The van der Waals surface area contributed by atoms with Crippen LogP contribution in [0.3, 0.4) is 0 Å². The Morgan fingerprint density at radius 2 is 2.00 bits per heavy atom. The van der Waals surface area contributed by atoms with E-state index in [2.05, 4.69) is 11.9 Å². The van der Waals surface area contributed by atoms with Crippen LogP contribution in [0, 0.1) is 6.92 Å². The van der Waals surface area contributed by atoms with E-state index in [4.69, 9.17) is 0 Å². The summed E-state index contributed by atoms with van der Waals surface area (Å²) in [7, 11) is 0. The Morgan fingerprint density at radius 1 is 1.25 bits per heavy atom. The summed E-state index contributed by atoms with van der Waals surface area (Å²) in [5.74, 6) is 0.261. The number of aryl methyl sites for hydroxylation is 1. The fourth-order valence-electron chi connectivity index (χ4n) is 1.81. The predicted molar refractivity (Wildman–Crippen MR) is 66.7 cm³/mol. The molecule has 0 aliphatic heterocycles. The van der Waals surface area contributed by atoms with Gasteiger partial charge >= 0.3 is 0 Å². The molecule has 0 saturated heterocycles. The highest BCUT2D eigenvalue weighted by atomic mass is 16.1. The zero-order chi connectivity index (χ0) is 11.8. The summed E-state index contributed by atoms with van der Waals surface area (Å²) in [6, 6.07) is 1.82. The molecular formula is C14H21NO. The molecule has 1 rings (SSSR count). The minimum Gasteiger partial charge on any atom is -0.294 e. The number of ketones is 1. The SMILES string of the molecule is CCCCCCCC(=O)c1ccncc1C. The Morgan fingerprint density at radius 3 is 2.69 bits per heavy atom. The van der Waals surface area contributed by atoms with E-state index in [-0.39, 0.29) is 5.78 Å². The van der Waals surface area contributed by atoms with Crippen LogP contribution in [-0.4, -0.2) is 10.8 Å². The lowest BCUT2D eigenvalue weighted by Gasteiger charge is -2.03. The highest BCUT2D eigenvalue weighted by Gasteiger charge is 2.07. The highest BCUT2D eigenvalue weighted by molar-refractivity contribution is 5.97. The van der Waals surface area contributed by atoms with Crippen LogP contribution in [-0.2, 0) is 0 Å². The fraction of sp³-hybridized carbons (Fsp3) is 0.571. The lowest BCUT2D eigenvalue weighted by Crippen LogP contribution is -2.01. The summed E-state index contributed by atoms with van der Waals surface area (Å²) in [5.41, 5.74) is 1.83. The number of Topliss-reactive ketones (excluding diaryl/α,β-unsaturated/α-hetero) is 1. The van der Waals surface area contributed by atoms with Gasteiger partial charge in [0, 0.05) is 24.4 Å². The maximum absolute atomic E-state index is 11.9. The van der Waals surface area contributed by atoms with E-state index < -0.39 is 0 Å². The quantitative estimate of drug-likeness (QED) is 0.513. The van der Waals surface area contributed by atoms with Gasteiger partial charge in [-0.15, -0.1) is 0 Å². The molecule has 88 valence electrons. The first-order chi connectivity index (χ1) is 7.75. The van der Waals surface area contributed by atoms with Gasteiger partial charge in [-0.1, -0.05) is 32.6 Å². The van der Waals surface area contributed by atoms with Gasteiger partial charge in [0.25, 0.3) is 0 Å². The molecule has 0 spiro atoms. The second kappa shape index (κ2) is 7.15. The molecule has 0 aromatic carbocycles. The first-order valence-corrected chi connectivity index (χ1v) is 6.19. The van der Waals surface area contributed by atoms with E-state index in [1.54, 1.807) is 12.4 Å². The molecule has 0 N–H and O–H groups in total. The van der Waals surface area contributed by atoms with Crippen molar-refractivity contribution in [2.45, 2.75) is 52.4 Å². The molecule has 2 nitrogen and oxygen atoms in total. The van der Waals surface area contributed by atoms with E-state index in [0.717, 1.165) is 17.5 Å². The summed E-state index contributed by atoms with van der Waals surface area (Å²) < 4.78 is 0. The highest BCUT2D eigenvalue weighted by Crippen LogP contribution is 2.12. The van der Waals surface area contributed by atoms with Gasteiger partial charge in [0.1, 0.15) is 0 Å². The smallest absolute Gasteiger partial charge is 0.163 e. The standard InChI is InChI=1S/C14H21NO/c1-3-4-5-6-7-8-14(16)13-9-10-15-11-12(13)2/h9-11H,3-8H2,1-2H3. The predicted octanol–water partition coefficient (Wildman–Crippen LogP) is 3.93. The summed E-state index contributed by atoms with van der Waals surface area (Å²) >= 11 is 0. The Balaban J connectivity index is 2.33. The van der Waals surface area contributed by atoms with Crippen LogP contribution in [0.1, 0.15) is 61.4 Å². The summed E-state index contributed by atoms with van der Waals surface area (Å²) in [5, 5.41) is 0. The van der Waals surface area contributed by atoms with Crippen LogP contribution in [0.15, 0.2) is 18.5 Å². The van der Waals surface area contributed by atoms with Gasteiger partial charge < -0.3 is 0 Å². The molecule has 2 heteroatoms. The van der Waals surface area contributed by atoms with Crippen LogP contribution in [0.2, 0.25) is 0 Å². The molecule has 0 unspecified atom stereocenters. The zero-order valence-corrected chi connectivity index (χ0v) is 10.3. The molecule has 0 saturated carbocycles. The van der Waals surface area contributed by atoms with Crippen molar-refractivity contribution in [3.8, 4) is 0 Å². The largest absolute Gasteiger partial charge is 0.294 e. The number of carbonyl (C=O) groups excluding carboxylic acids is 1. The van der Waals surface area contributed by atoms with E-state index in [9.17, 15) is 4.79 Å². The lowest BCUT2D eigenvalue weighted by molar-refractivity contribution is 0.0978. The molecule has 1 heterocycles. The summed E-state index contributed by atoms with van der Waals surface area (Å²) in [6.45, 7) is 4.14. The molecule has 1 aromatic rings. The first kappa shape index (κ1) is 12.9. The number of hydrogen-bond acceptors (Lipinski definition) is 2. The third-order valence-corrected chi connectivity index (χ3v) is 2.83. The first-order valence-electron chi connectivity index (χ1n) is 6.19. The van der Waals surface area contributed by atoms with E-state index in [0.29, 0.717) is 6.42 Å². The number of nitrogens with zero attached hydrogens (tertiary/aromatic N) is 1. The third-order valence-electron chi connectivity index (χ3n) is 2.83. The minimum absolute atomic E-state index is 0.261. The lowest BCUT2D eigenvalue weighted by atomic mass is 10.0. The molecular weight excluding hydrogens is 198 g/mol. The number of pyridine rings is 1. The number of aromatic nitrogens is 1. The Labute approximate surface area is 98.1 Å². The molecule has 0 aliphatic rings.